The molecule has 6 rings (SSSR count). The van der Waals surface area contributed by atoms with E-state index in [9.17, 15) is 52.8 Å². The fraction of sp³-hybridized carbons (Fsp3) is 0.400. The van der Waals surface area contributed by atoms with Gasteiger partial charge < -0.3 is 20.4 Å². The van der Waals surface area contributed by atoms with Crippen LogP contribution in [0.4, 0.5) is 0 Å². The predicted molar refractivity (Wildman–Crippen MR) is 249 cm³/mol. The molecular weight excluding hydrogens is 984 g/mol. The molecule has 0 bridgehead atoms. The summed E-state index contributed by atoms with van der Waals surface area (Å²) < 4.78 is 105. The number of nitrogens with zero attached hydrogens (tertiary/aromatic N) is 2. The Bertz CT molecular complexity index is 2760. The quantitative estimate of drug-likeness (QED) is 0.0758. The van der Waals surface area contributed by atoms with Crippen LogP contribution in [0, 0.1) is 0 Å². The summed E-state index contributed by atoms with van der Waals surface area (Å²) >= 11 is 11.9. The number of fused-ring (bicyclic) bond motifs is 2. The summed E-state index contributed by atoms with van der Waals surface area (Å²) in [4.78, 5) is 52.9. The number of hydrogen-bond acceptors (Lipinski definition) is 12. The van der Waals surface area contributed by atoms with Gasteiger partial charge in [0.1, 0.15) is 24.2 Å². The lowest BCUT2D eigenvalue weighted by Gasteiger charge is -2.24. The van der Waals surface area contributed by atoms with E-state index in [0.29, 0.717) is 20.8 Å². The minimum absolute atomic E-state index is 0.0195. The van der Waals surface area contributed by atoms with Crippen molar-refractivity contribution in [2.45, 2.75) is 60.6 Å². The zero-order valence-corrected chi connectivity index (χ0v) is 40.9. The normalized spacial score (nSPS) is 18.0. The number of hydrogen-bond donors (Lipinski definition) is 6. The van der Waals surface area contributed by atoms with Crippen LogP contribution in [-0.4, -0.2) is 143 Å². The van der Waals surface area contributed by atoms with Crippen LogP contribution in [-0.2, 0) is 59.3 Å². The van der Waals surface area contributed by atoms with Crippen LogP contribution < -0.4 is 29.5 Å². The average molecular weight is 1030 g/mol. The molecule has 6 N–H and O–H groups in total. The summed E-state index contributed by atoms with van der Waals surface area (Å²) in [6.07, 6.45) is 2.45. The SMILES string of the molecule is CC(C(=O)NCCNS(C)(=O)=O)N1CCC(NS(=O)(=O)c2ccc3cc(Cl)ccc3c2)C1=O.CC(C(=O)NCCNS(C)(=O)=O)N1CCC(NS(=O)(=O)c2ccc3cc(Cl)ccc3c2)C1=O. The minimum atomic E-state index is -3.98. The van der Waals surface area contributed by atoms with Gasteiger partial charge in [0.2, 0.25) is 63.7 Å². The lowest BCUT2D eigenvalue weighted by atomic mass is 10.1. The molecule has 0 radical (unpaired) electrons. The van der Waals surface area contributed by atoms with Gasteiger partial charge in [0.05, 0.1) is 22.3 Å². The van der Waals surface area contributed by atoms with Crippen molar-refractivity contribution < 1.29 is 52.8 Å². The standard InChI is InChI=1S/2C20H25ClN4O6S2/c2*1-13(19(26)22-8-9-23-32(2,28)29)25-10-7-18(20(25)27)24-33(30,31)17-6-4-14-11-16(21)5-3-15(14)12-17/h2*3-6,11-13,18,23-24H,7-10H2,1-2H3,(H,22,26). The highest BCUT2D eigenvalue weighted by Crippen LogP contribution is 2.26. The predicted octanol–water partition coefficient (Wildman–Crippen LogP) is 0.853. The van der Waals surface area contributed by atoms with E-state index in [1.165, 1.54) is 47.9 Å². The molecule has 4 unspecified atom stereocenters. The Morgan fingerprint density at radius 1 is 0.561 bits per heavy atom. The monoisotopic (exact) mass is 1030 g/mol. The number of carbonyl (C=O) groups is 4. The molecule has 360 valence electrons. The van der Waals surface area contributed by atoms with E-state index in [1.54, 1.807) is 48.5 Å². The second-order valence-electron chi connectivity index (χ2n) is 15.6. The number of halogens is 2. The molecule has 2 heterocycles. The summed E-state index contributed by atoms with van der Waals surface area (Å²) in [6.45, 7) is 3.63. The van der Waals surface area contributed by atoms with Gasteiger partial charge in [-0.3, -0.25) is 19.2 Å². The number of amides is 4. The largest absolute Gasteiger partial charge is 0.353 e. The van der Waals surface area contributed by atoms with Crippen LogP contribution in [0.25, 0.3) is 21.5 Å². The number of carbonyl (C=O) groups excluding carboxylic acids is 4. The second kappa shape index (κ2) is 21.6. The maximum absolute atomic E-state index is 12.9. The molecule has 4 aromatic carbocycles. The highest BCUT2D eigenvalue weighted by molar-refractivity contribution is 7.90. The molecule has 2 fully saturated rings. The molecule has 2 aliphatic rings. The van der Waals surface area contributed by atoms with E-state index in [-0.39, 0.29) is 61.9 Å². The fourth-order valence-corrected chi connectivity index (χ4v) is 10.9. The molecule has 4 amide bonds. The smallest absolute Gasteiger partial charge is 0.242 e. The van der Waals surface area contributed by atoms with Gasteiger partial charge in [-0.25, -0.2) is 43.1 Å². The van der Waals surface area contributed by atoms with Crippen molar-refractivity contribution >= 4 is 108 Å². The van der Waals surface area contributed by atoms with Gasteiger partial charge in [0, 0.05) is 49.3 Å². The van der Waals surface area contributed by atoms with Gasteiger partial charge in [0.15, 0.2) is 0 Å². The fourth-order valence-electron chi connectivity index (χ4n) is 7.05. The molecule has 20 nitrogen and oxygen atoms in total. The van der Waals surface area contributed by atoms with Gasteiger partial charge in [-0.15, -0.1) is 0 Å². The third-order valence-corrected chi connectivity index (χ3v) is 15.4. The Hall–Kier alpha value is -4.50. The van der Waals surface area contributed by atoms with E-state index in [1.807, 2.05) is 0 Å². The molecule has 0 saturated carbocycles. The highest BCUT2D eigenvalue weighted by Gasteiger charge is 2.40. The van der Waals surface area contributed by atoms with E-state index in [2.05, 4.69) is 29.5 Å². The van der Waals surface area contributed by atoms with Gasteiger partial charge in [-0.05, 0) is 96.8 Å². The van der Waals surface area contributed by atoms with Gasteiger partial charge in [-0.2, -0.15) is 9.44 Å². The molecule has 26 heteroatoms. The van der Waals surface area contributed by atoms with Crippen molar-refractivity contribution in [3.8, 4) is 0 Å². The molecular formula is C40H50Cl2N8O12S4. The van der Waals surface area contributed by atoms with Crippen LogP contribution in [0.3, 0.4) is 0 Å². The Balaban J connectivity index is 0.000000247. The van der Waals surface area contributed by atoms with Gasteiger partial charge in [-0.1, -0.05) is 47.5 Å². The minimum Gasteiger partial charge on any atom is -0.353 e. The van der Waals surface area contributed by atoms with Crippen molar-refractivity contribution in [1.82, 2.24) is 39.3 Å². The molecule has 0 aliphatic carbocycles. The Labute approximate surface area is 393 Å². The lowest BCUT2D eigenvalue weighted by molar-refractivity contribution is -0.137. The molecule has 0 aromatic heterocycles. The van der Waals surface area contributed by atoms with Crippen molar-refractivity contribution in [2.75, 3.05) is 51.8 Å². The van der Waals surface area contributed by atoms with Crippen molar-refractivity contribution in [3.63, 3.8) is 0 Å². The maximum Gasteiger partial charge on any atom is 0.242 e. The number of benzene rings is 4. The van der Waals surface area contributed by atoms with E-state index < -0.39 is 87.9 Å². The number of likely N-dealkylation sites (tertiary alicyclic amines) is 2. The summed E-state index contributed by atoms with van der Waals surface area (Å²) in [5.41, 5.74) is 0. The Morgan fingerprint density at radius 2 is 0.894 bits per heavy atom. The first-order valence-corrected chi connectivity index (χ1v) is 27.7. The first kappa shape index (κ1) is 52.5. The van der Waals surface area contributed by atoms with E-state index >= 15 is 0 Å². The lowest BCUT2D eigenvalue weighted by Crippen LogP contribution is -2.50. The van der Waals surface area contributed by atoms with Gasteiger partial charge >= 0.3 is 0 Å². The maximum atomic E-state index is 12.9. The second-order valence-corrected chi connectivity index (χ2v) is 23.5. The topological polar surface area (TPSA) is 284 Å². The third-order valence-electron chi connectivity index (χ3n) is 10.5. The summed E-state index contributed by atoms with van der Waals surface area (Å²) in [5.74, 6) is -1.92. The number of rotatable bonds is 18. The molecule has 4 atom stereocenters. The first-order chi connectivity index (χ1) is 30.7. The molecule has 0 spiro atoms. The Morgan fingerprint density at radius 3 is 1.24 bits per heavy atom. The van der Waals surface area contributed by atoms with E-state index in [4.69, 9.17) is 23.2 Å². The summed E-state index contributed by atoms with van der Waals surface area (Å²) in [7, 11) is -14.7. The van der Waals surface area contributed by atoms with Crippen LogP contribution in [0.1, 0.15) is 26.7 Å². The molecule has 4 aromatic rings. The average Bonchev–Trinajstić information content (AvgIpc) is 3.78. The van der Waals surface area contributed by atoms with Crippen molar-refractivity contribution in [3.05, 3.63) is 82.8 Å². The summed E-state index contributed by atoms with van der Waals surface area (Å²) in [5, 5.41) is 9.15. The first-order valence-electron chi connectivity index (χ1n) is 20.2. The Kier molecular flexibility index (Phi) is 17.2. The van der Waals surface area contributed by atoms with Crippen LogP contribution in [0.5, 0.6) is 0 Å². The zero-order valence-electron chi connectivity index (χ0n) is 36.1. The van der Waals surface area contributed by atoms with Crippen LogP contribution in [0.2, 0.25) is 10.0 Å². The number of nitrogens with one attached hydrogen (secondary N) is 6. The van der Waals surface area contributed by atoms with Crippen LogP contribution >= 0.6 is 23.2 Å². The zero-order chi connectivity index (χ0) is 48.8. The van der Waals surface area contributed by atoms with Crippen LogP contribution in [0.15, 0.2) is 82.6 Å². The van der Waals surface area contributed by atoms with Gasteiger partial charge in [0.25, 0.3) is 0 Å². The molecule has 2 saturated heterocycles. The number of sulfonamides is 4. The molecule has 2 aliphatic heterocycles. The highest BCUT2D eigenvalue weighted by atomic mass is 35.5. The molecule has 66 heavy (non-hydrogen) atoms. The van der Waals surface area contributed by atoms with E-state index in [0.717, 1.165) is 23.3 Å². The van der Waals surface area contributed by atoms with Crippen molar-refractivity contribution in [2.24, 2.45) is 0 Å². The third kappa shape index (κ3) is 14.3. The van der Waals surface area contributed by atoms with Crippen molar-refractivity contribution in [1.29, 1.82) is 0 Å². The summed E-state index contributed by atoms with van der Waals surface area (Å²) in [6, 6.07) is 15.7.